The Morgan fingerprint density at radius 2 is 1.91 bits per heavy atom. The molecule has 1 aliphatic rings. The molecule has 1 aliphatic heterocycles. The van der Waals surface area contributed by atoms with E-state index in [2.05, 4.69) is 20.6 Å². The molecule has 1 unspecified atom stereocenters. The summed E-state index contributed by atoms with van der Waals surface area (Å²) in [5.74, 6) is -0.154. The van der Waals surface area contributed by atoms with Gasteiger partial charge in [0, 0.05) is 25.1 Å². The van der Waals surface area contributed by atoms with Crippen LogP contribution in [0.25, 0.3) is 21.3 Å². The second kappa shape index (κ2) is 9.20. The number of hydrogen-bond donors (Lipinski definition) is 2. The number of aromatic nitrogens is 2. The maximum atomic E-state index is 13.1. The molecule has 2 N–H and O–H groups in total. The van der Waals surface area contributed by atoms with Crippen LogP contribution >= 0.6 is 11.3 Å². The number of fused-ring (bicyclic) bond motifs is 1. The van der Waals surface area contributed by atoms with Gasteiger partial charge in [0.1, 0.15) is 0 Å². The van der Waals surface area contributed by atoms with E-state index in [1.165, 1.54) is 23.3 Å². The Labute approximate surface area is 200 Å². The van der Waals surface area contributed by atoms with Crippen molar-refractivity contribution in [1.29, 1.82) is 0 Å². The van der Waals surface area contributed by atoms with Gasteiger partial charge in [0.2, 0.25) is 5.91 Å². The summed E-state index contributed by atoms with van der Waals surface area (Å²) >= 11 is 1.41. The molecular formula is C25H23N5O3S. The van der Waals surface area contributed by atoms with Crippen LogP contribution in [0.2, 0.25) is 0 Å². The molecule has 0 radical (unpaired) electrons. The summed E-state index contributed by atoms with van der Waals surface area (Å²) in [6.45, 7) is 3.80. The lowest BCUT2D eigenvalue weighted by Gasteiger charge is -2.23. The van der Waals surface area contributed by atoms with Gasteiger partial charge >= 0.3 is 6.03 Å². The number of benzene rings is 2. The molecule has 0 spiro atoms. The van der Waals surface area contributed by atoms with E-state index < -0.39 is 0 Å². The summed E-state index contributed by atoms with van der Waals surface area (Å²) in [5.41, 5.74) is 4.97. The first-order valence-corrected chi connectivity index (χ1v) is 11.7. The standard InChI is InChI=1S/C25H23N5O3S/c1-15-21(29-25(32)30-22(10-11-33-30)17-6-4-3-5-7-17)12-19(14-26-15)18-8-9-20-23(13-18)34-24(28-20)27-16(2)31/h3-9,12-14,22H,10-11H2,1-2H3,(H,29,32)(H,27,28,31). The minimum absolute atomic E-state index is 0.135. The molecule has 9 heteroatoms. The Morgan fingerprint density at radius 3 is 2.71 bits per heavy atom. The zero-order valence-electron chi connectivity index (χ0n) is 18.7. The highest BCUT2D eigenvalue weighted by molar-refractivity contribution is 7.22. The van der Waals surface area contributed by atoms with Gasteiger partial charge in [0.15, 0.2) is 5.13 Å². The van der Waals surface area contributed by atoms with Crippen LogP contribution in [0, 0.1) is 6.92 Å². The zero-order valence-corrected chi connectivity index (χ0v) is 19.6. The number of carbonyl (C=O) groups is 2. The number of amides is 3. The molecule has 1 saturated heterocycles. The van der Waals surface area contributed by atoms with E-state index in [0.29, 0.717) is 23.1 Å². The summed E-state index contributed by atoms with van der Waals surface area (Å²) in [7, 11) is 0. The monoisotopic (exact) mass is 473 g/mol. The molecule has 0 aliphatic carbocycles. The van der Waals surface area contributed by atoms with Crippen molar-refractivity contribution in [3.63, 3.8) is 0 Å². The fourth-order valence-electron chi connectivity index (χ4n) is 3.94. The molecule has 0 bridgehead atoms. The van der Waals surface area contributed by atoms with Crippen LogP contribution in [-0.4, -0.2) is 33.6 Å². The number of nitrogens with one attached hydrogen (secondary N) is 2. The Bertz CT molecular complexity index is 1370. The summed E-state index contributed by atoms with van der Waals surface area (Å²) in [6, 6.07) is 17.2. The number of nitrogens with zero attached hydrogens (tertiary/aromatic N) is 3. The number of pyridine rings is 1. The highest BCUT2D eigenvalue weighted by Crippen LogP contribution is 2.33. The van der Waals surface area contributed by atoms with E-state index in [0.717, 1.165) is 33.3 Å². The smallest absolute Gasteiger partial charge is 0.304 e. The first-order chi connectivity index (χ1) is 16.5. The molecule has 34 heavy (non-hydrogen) atoms. The molecule has 8 nitrogen and oxygen atoms in total. The number of carbonyl (C=O) groups excluding carboxylic acids is 2. The van der Waals surface area contributed by atoms with Crippen LogP contribution in [0.4, 0.5) is 15.6 Å². The molecule has 4 aromatic rings. The Hall–Kier alpha value is -3.82. The van der Waals surface area contributed by atoms with Gasteiger partial charge in [-0.25, -0.2) is 9.78 Å². The lowest BCUT2D eigenvalue weighted by Crippen LogP contribution is -2.33. The summed E-state index contributed by atoms with van der Waals surface area (Å²) < 4.78 is 0.948. The second-order valence-electron chi connectivity index (χ2n) is 8.04. The van der Waals surface area contributed by atoms with Gasteiger partial charge in [-0.1, -0.05) is 47.7 Å². The van der Waals surface area contributed by atoms with Crippen molar-refractivity contribution in [1.82, 2.24) is 15.0 Å². The Balaban J connectivity index is 1.38. The molecule has 0 saturated carbocycles. The average molecular weight is 474 g/mol. The van der Waals surface area contributed by atoms with Gasteiger partial charge in [-0.15, -0.1) is 0 Å². The highest BCUT2D eigenvalue weighted by atomic mass is 32.1. The SMILES string of the molecule is CC(=O)Nc1nc2ccc(-c3cnc(C)c(NC(=O)N4OCCC4c4ccccc4)c3)cc2s1. The van der Waals surface area contributed by atoms with Crippen molar-refractivity contribution in [2.75, 3.05) is 17.2 Å². The van der Waals surface area contributed by atoms with Crippen LogP contribution in [0.1, 0.15) is 30.6 Å². The topological polar surface area (TPSA) is 96.4 Å². The van der Waals surface area contributed by atoms with Gasteiger partial charge in [0.05, 0.1) is 34.2 Å². The highest BCUT2D eigenvalue weighted by Gasteiger charge is 2.32. The Morgan fingerprint density at radius 1 is 1.09 bits per heavy atom. The first-order valence-electron chi connectivity index (χ1n) is 10.9. The summed E-state index contributed by atoms with van der Waals surface area (Å²) in [4.78, 5) is 39.0. The quantitative estimate of drug-likeness (QED) is 0.406. The predicted molar refractivity (Wildman–Crippen MR) is 133 cm³/mol. The third-order valence-corrected chi connectivity index (χ3v) is 6.56. The van der Waals surface area contributed by atoms with Crippen LogP contribution in [0.3, 0.4) is 0 Å². The van der Waals surface area contributed by atoms with Crippen molar-refractivity contribution < 1.29 is 14.4 Å². The Kier molecular flexibility index (Phi) is 5.95. The molecular weight excluding hydrogens is 450 g/mol. The summed E-state index contributed by atoms with van der Waals surface area (Å²) in [5, 5.41) is 7.67. The number of aryl methyl sites for hydroxylation is 1. The van der Waals surface area contributed by atoms with Crippen molar-refractivity contribution in [3.05, 3.63) is 72.1 Å². The lowest BCUT2D eigenvalue weighted by molar-refractivity contribution is -0.114. The third-order valence-electron chi connectivity index (χ3n) is 5.62. The fourth-order valence-corrected chi connectivity index (χ4v) is 4.89. The normalized spacial score (nSPS) is 15.5. The molecule has 172 valence electrons. The first kappa shape index (κ1) is 22.0. The van der Waals surface area contributed by atoms with E-state index in [-0.39, 0.29) is 18.0 Å². The van der Waals surface area contributed by atoms with E-state index in [9.17, 15) is 9.59 Å². The van der Waals surface area contributed by atoms with Crippen molar-refractivity contribution in [2.45, 2.75) is 26.3 Å². The molecule has 2 aromatic carbocycles. The van der Waals surface area contributed by atoms with Gasteiger partial charge in [-0.2, -0.15) is 5.06 Å². The van der Waals surface area contributed by atoms with Crippen LogP contribution in [0.5, 0.6) is 0 Å². The van der Waals surface area contributed by atoms with Crippen molar-refractivity contribution in [2.24, 2.45) is 0 Å². The van der Waals surface area contributed by atoms with Gasteiger partial charge < -0.3 is 10.6 Å². The molecule has 3 heterocycles. The molecule has 1 fully saturated rings. The van der Waals surface area contributed by atoms with E-state index in [4.69, 9.17) is 4.84 Å². The maximum Gasteiger partial charge on any atom is 0.346 e. The second-order valence-corrected chi connectivity index (χ2v) is 9.07. The van der Waals surface area contributed by atoms with E-state index in [1.807, 2.05) is 61.5 Å². The van der Waals surface area contributed by atoms with Crippen LogP contribution in [0.15, 0.2) is 60.8 Å². The predicted octanol–water partition coefficient (Wildman–Crippen LogP) is 5.54. The largest absolute Gasteiger partial charge is 0.346 e. The molecule has 2 aromatic heterocycles. The number of anilines is 2. The minimum Gasteiger partial charge on any atom is -0.304 e. The van der Waals surface area contributed by atoms with E-state index in [1.54, 1.807) is 6.20 Å². The fraction of sp³-hybridized carbons (Fsp3) is 0.200. The number of hydrogen-bond acceptors (Lipinski definition) is 6. The van der Waals surface area contributed by atoms with Gasteiger partial charge in [-0.05, 0) is 36.2 Å². The van der Waals surface area contributed by atoms with Crippen LogP contribution in [-0.2, 0) is 9.63 Å². The number of thiazole rings is 1. The number of urea groups is 1. The van der Waals surface area contributed by atoms with Gasteiger partial charge in [0.25, 0.3) is 0 Å². The molecule has 3 amide bonds. The average Bonchev–Trinajstić information content (AvgIpc) is 3.47. The van der Waals surface area contributed by atoms with Crippen molar-refractivity contribution >= 4 is 44.3 Å². The van der Waals surface area contributed by atoms with Crippen molar-refractivity contribution in [3.8, 4) is 11.1 Å². The maximum absolute atomic E-state index is 13.1. The summed E-state index contributed by atoms with van der Waals surface area (Å²) in [6.07, 6.45) is 2.52. The lowest BCUT2D eigenvalue weighted by atomic mass is 10.1. The number of rotatable bonds is 4. The third kappa shape index (κ3) is 4.48. The van der Waals surface area contributed by atoms with Gasteiger partial charge in [-0.3, -0.25) is 14.6 Å². The minimum atomic E-state index is -0.328. The molecule has 1 atom stereocenters. The number of hydroxylamine groups is 2. The zero-order chi connectivity index (χ0) is 23.7. The van der Waals surface area contributed by atoms with Crippen LogP contribution < -0.4 is 10.6 Å². The molecule has 5 rings (SSSR count). The van der Waals surface area contributed by atoms with E-state index >= 15 is 0 Å².